The second kappa shape index (κ2) is 7.53. The monoisotopic (exact) mass is 338 g/mol. The summed E-state index contributed by atoms with van der Waals surface area (Å²) in [5.74, 6) is -2.09. The lowest BCUT2D eigenvalue weighted by atomic mass is 10.2. The molecular weight excluding hydrogens is 322 g/mol. The molecule has 0 heterocycles. The van der Waals surface area contributed by atoms with Crippen LogP contribution in [-0.2, 0) is 11.3 Å². The maximum atomic E-state index is 13.6. The molecule has 1 atom stereocenters. The third kappa shape index (κ3) is 4.50. The van der Waals surface area contributed by atoms with Crippen LogP contribution in [0.1, 0.15) is 12.5 Å². The molecule has 0 saturated carbocycles. The van der Waals surface area contributed by atoms with Crippen molar-refractivity contribution in [2.24, 2.45) is 0 Å². The number of rotatable bonds is 5. The zero-order valence-electron chi connectivity index (χ0n) is 12.8. The fraction of sp³-hybridized carbons (Fsp3) is 0.235. The Kier molecular flexibility index (Phi) is 5.69. The van der Waals surface area contributed by atoms with Gasteiger partial charge in [0, 0.05) is 11.6 Å². The Balaban J connectivity index is 2.04. The van der Waals surface area contributed by atoms with Crippen molar-refractivity contribution in [2.45, 2.75) is 19.5 Å². The third-order valence-electron chi connectivity index (χ3n) is 3.57. The Morgan fingerprint density at radius 2 is 1.83 bits per heavy atom. The highest BCUT2D eigenvalue weighted by atomic mass is 35.5. The third-order valence-corrected chi connectivity index (χ3v) is 3.81. The molecule has 0 bridgehead atoms. The summed E-state index contributed by atoms with van der Waals surface area (Å²) >= 11 is 5.93. The predicted molar refractivity (Wildman–Crippen MR) is 87.4 cm³/mol. The molecule has 0 saturated heterocycles. The van der Waals surface area contributed by atoms with E-state index >= 15 is 0 Å². The van der Waals surface area contributed by atoms with E-state index in [4.69, 9.17) is 11.6 Å². The van der Waals surface area contributed by atoms with Gasteiger partial charge in [-0.05, 0) is 43.8 Å². The Hall–Kier alpha value is -1.98. The van der Waals surface area contributed by atoms with Crippen LogP contribution in [0.4, 0.5) is 14.5 Å². The maximum Gasteiger partial charge on any atom is 0.241 e. The van der Waals surface area contributed by atoms with Gasteiger partial charge < -0.3 is 5.32 Å². The number of benzene rings is 2. The van der Waals surface area contributed by atoms with E-state index in [-0.39, 0.29) is 0 Å². The van der Waals surface area contributed by atoms with Crippen molar-refractivity contribution in [3.05, 3.63) is 64.7 Å². The highest BCUT2D eigenvalue weighted by molar-refractivity contribution is 6.30. The van der Waals surface area contributed by atoms with Crippen molar-refractivity contribution in [3.63, 3.8) is 0 Å². The molecular formula is C17H17ClF2N2O. The van der Waals surface area contributed by atoms with Crippen LogP contribution in [0.3, 0.4) is 0 Å². The number of likely N-dealkylation sites (N-methyl/N-ethyl adjacent to an activating group) is 1. The summed E-state index contributed by atoms with van der Waals surface area (Å²) in [6.45, 7) is 2.15. The normalized spacial score (nSPS) is 12.3. The van der Waals surface area contributed by atoms with Crippen LogP contribution in [0.25, 0.3) is 0 Å². The lowest BCUT2D eigenvalue weighted by Crippen LogP contribution is -2.39. The molecule has 0 radical (unpaired) electrons. The van der Waals surface area contributed by atoms with Crippen molar-refractivity contribution >= 4 is 23.2 Å². The van der Waals surface area contributed by atoms with Gasteiger partial charge in [0.05, 0.1) is 6.04 Å². The topological polar surface area (TPSA) is 32.3 Å². The molecule has 122 valence electrons. The Bertz CT molecular complexity index is 688. The summed E-state index contributed by atoms with van der Waals surface area (Å²) < 4.78 is 27.2. The molecule has 0 spiro atoms. The van der Waals surface area contributed by atoms with E-state index in [0.29, 0.717) is 11.6 Å². The molecule has 2 aromatic rings. The number of halogens is 3. The van der Waals surface area contributed by atoms with E-state index < -0.39 is 29.3 Å². The minimum absolute atomic E-state index is 0.430. The molecule has 0 aliphatic rings. The fourth-order valence-electron chi connectivity index (χ4n) is 2.11. The minimum atomic E-state index is -0.803. The van der Waals surface area contributed by atoms with Crippen LogP contribution < -0.4 is 5.32 Å². The smallest absolute Gasteiger partial charge is 0.241 e. The van der Waals surface area contributed by atoms with E-state index in [1.54, 1.807) is 31.0 Å². The first-order valence-corrected chi connectivity index (χ1v) is 7.46. The van der Waals surface area contributed by atoms with Gasteiger partial charge in [-0.1, -0.05) is 29.8 Å². The van der Waals surface area contributed by atoms with Crippen LogP contribution >= 0.6 is 11.6 Å². The van der Waals surface area contributed by atoms with Gasteiger partial charge in [0.15, 0.2) is 0 Å². The molecule has 2 rings (SSSR count). The van der Waals surface area contributed by atoms with Crippen LogP contribution in [0, 0.1) is 11.6 Å². The number of nitrogens with one attached hydrogen (secondary N) is 1. The van der Waals surface area contributed by atoms with Crippen LogP contribution in [-0.4, -0.2) is 23.9 Å². The lowest BCUT2D eigenvalue weighted by Gasteiger charge is -2.24. The summed E-state index contributed by atoms with van der Waals surface area (Å²) in [5, 5.41) is 2.91. The van der Waals surface area contributed by atoms with Crippen molar-refractivity contribution < 1.29 is 13.6 Å². The number of hydrogen-bond acceptors (Lipinski definition) is 2. The highest BCUT2D eigenvalue weighted by Crippen LogP contribution is 2.19. The van der Waals surface area contributed by atoms with E-state index in [2.05, 4.69) is 5.32 Å². The van der Waals surface area contributed by atoms with E-state index in [1.165, 1.54) is 6.07 Å². The van der Waals surface area contributed by atoms with Crippen LogP contribution in [0.2, 0.25) is 5.02 Å². The summed E-state index contributed by atoms with van der Waals surface area (Å²) in [6.07, 6.45) is 0. The molecule has 1 amide bonds. The van der Waals surface area contributed by atoms with E-state index in [0.717, 1.165) is 17.7 Å². The van der Waals surface area contributed by atoms with Crippen molar-refractivity contribution in [2.75, 3.05) is 12.4 Å². The molecule has 0 aliphatic heterocycles. The lowest BCUT2D eigenvalue weighted by molar-refractivity contribution is -0.120. The quantitative estimate of drug-likeness (QED) is 0.891. The SMILES string of the molecule is CC(C(=O)Nc1c(F)cccc1F)N(C)Cc1cccc(Cl)c1. The number of para-hydroxylation sites is 1. The first-order valence-electron chi connectivity index (χ1n) is 7.08. The van der Waals surface area contributed by atoms with E-state index in [1.807, 2.05) is 12.1 Å². The molecule has 3 nitrogen and oxygen atoms in total. The summed E-state index contributed by atoms with van der Waals surface area (Å²) in [5.41, 5.74) is 0.511. The van der Waals surface area contributed by atoms with Gasteiger partial charge in [0.25, 0.3) is 0 Å². The number of carbonyl (C=O) groups excluding carboxylic acids is 1. The maximum absolute atomic E-state index is 13.6. The minimum Gasteiger partial charge on any atom is -0.320 e. The van der Waals surface area contributed by atoms with Gasteiger partial charge in [-0.3, -0.25) is 9.69 Å². The van der Waals surface area contributed by atoms with Gasteiger partial charge >= 0.3 is 0 Å². The van der Waals surface area contributed by atoms with E-state index in [9.17, 15) is 13.6 Å². The average molecular weight is 339 g/mol. The first-order chi connectivity index (χ1) is 10.9. The van der Waals surface area contributed by atoms with Crippen molar-refractivity contribution in [3.8, 4) is 0 Å². The summed E-state index contributed by atoms with van der Waals surface area (Å²) in [6, 6.07) is 10.1. The van der Waals surface area contributed by atoms with Crippen molar-refractivity contribution in [1.29, 1.82) is 0 Å². The Morgan fingerprint density at radius 1 is 1.22 bits per heavy atom. The molecule has 0 aromatic heterocycles. The number of hydrogen-bond donors (Lipinski definition) is 1. The zero-order chi connectivity index (χ0) is 17.0. The Labute approximate surface area is 138 Å². The largest absolute Gasteiger partial charge is 0.320 e. The molecule has 6 heteroatoms. The predicted octanol–water partition coefficient (Wildman–Crippen LogP) is 4.08. The average Bonchev–Trinajstić information content (AvgIpc) is 2.50. The van der Waals surface area contributed by atoms with Gasteiger partial charge in [0.1, 0.15) is 17.3 Å². The molecule has 2 aromatic carbocycles. The molecule has 1 unspecified atom stereocenters. The van der Waals surface area contributed by atoms with Gasteiger partial charge in [-0.2, -0.15) is 0 Å². The van der Waals surface area contributed by atoms with Gasteiger partial charge in [-0.15, -0.1) is 0 Å². The standard InChI is InChI=1S/C17H17ClF2N2O/c1-11(22(2)10-12-5-3-6-13(18)9-12)17(23)21-16-14(19)7-4-8-15(16)20/h3-9,11H,10H2,1-2H3,(H,21,23). The van der Waals surface area contributed by atoms with Crippen LogP contribution in [0.15, 0.2) is 42.5 Å². The van der Waals surface area contributed by atoms with Gasteiger partial charge in [-0.25, -0.2) is 8.78 Å². The van der Waals surface area contributed by atoms with Gasteiger partial charge in [0.2, 0.25) is 5.91 Å². The zero-order valence-corrected chi connectivity index (χ0v) is 13.6. The molecule has 1 N–H and O–H groups in total. The number of anilines is 1. The van der Waals surface area contributed by atoms with Crippen molar-refractivity contribution in [1.82, 2.24) is 4.90 Å². The first kappa shape index (κ1) is 17.4. The summed E-state index contributed by atoms with van der Waals surface area (Å²) in [4.78, 5) is 14.0. The Morgan fingerprint density at radius 3 is 2.43 bits per heavy atom. The number of nitrogens with zero attached hydrogens (tertiary/aromatic N) is 1. The van der Waals surface area contributed by atoms with Crippen LogP contribution in [0.5, 0.6) is 0 Å². The highest BCUT2D eigenvalue weighted by Gasteiger charge is 2.21. The summed E-state index contributed by atoms with van der Waals surface area (Å²) in [7, 11) is 1.75. The second-order valence-corrected chi connectivity index (χ2v) is 5.74. The second-order valence-electron chi connectivity index (χ2n) is 5.31. The fourth-order valence-corrected chi connectivity index (χ4v) is 2.32. The number of amides is 1. The molecule has 0 fully saturated rings. The number of carbonyl (C=O) groups is 1. The molecule has 0 aliphatic carbocycles. The molecule has 23 heavy (non-hydrogen) atoms.